The highest BCUT2D eigenvalue weighted by atomic mass is 16.2. The van der Waals surface area contributed by atoms with Crippen LogP contribution in [0.2, 0.25) is 0 Å². The summed E-state index contributed by atoms with van der Waals surface area (Å²) in [5.74, 6) is 0. The first kappa shape index (κ1) is 16.7. The molecule has 0 saturated heterocycles. The van der Waals surface area contributed by atoms with Crippen LogP contribution in [0.5, 0.6) is 0 Å². The zero-order chi connectivity index (χ0) is 17.5. The summed E-state index contributed by atoms with van der Waals surface area (Å²) in [5, 5.41) is 3.12. The van der Waals surface area contributed by atoms with E-state index in [4.69, 9.17) is 0 Å². The van der Waals surface area contributed by atoms with Crippen molar-refractivity contribution in [1.29, 1.82) is 0 Å². The summed E-state index contributed by atoms with van der Waals surface area (Å²) in [7, 11) is 1.80. The molecule has 126 valence electrons. The molecule has 0 bridgehead atoms. The fourth-order valence-electron chi connectivity index (χ4n) is 2.71. The molecule has 0 aliphatic carbocycles. The SMILES string of the molecule is CN(Cc1ccccc1)C(=O)NC(c1ccccc1)c1cccnc1. The van der Waals surface area contributed by atoms with E-state index >= 15 is 0 Å². The molecular formula is C21H21N3O. The second-order valence-corrected chi connectivity index (χ2v) is 5.92. The topological polar surface area (TPSA) is 45.2 Å². The third-order valence-electron chi connectivity index (χ3n) is 4.03. The normalized spacial score (nSPS) is 11.6. The number of nitrogens with zero attached hydrogens (tertiary/aromatic N) is 2. The summed E-state index contributed by atoms with van der Waals surface area (Å²) >= 11 is 0. The van der Waals surface area contributed by atoms with Gasteiger partial charge < -0.3 is 10.2 Å². The average molecular weight is 331 g/mol. The van der Waals surface area contributed by atoms with Crippen molar-refractivity contribution in [1.82, 2.24) is 15.2 Å². The first-order valence-electron chi connectivity index (χ1n) is 8.24. The molecule has 4 nitrogen and oxygen atoms in total. The van der Waals surface area contributed by atoms with Crippen LogP contribution in [0.15, 0.2) is 85.2 Å². The van der Waals surface area contributed by atoms with Crippen LogP contribution in [0.4, 0.5) is 4.79 Å². The minimum absolute atomic E-state index is 0.124. The molecule has 0 aliphatic rings. The monoisotopic (exact) mass is 331 g/mol. The van der Waals surface area contributed by atoms with E-state index in [1.54, 1.807) is 24.3 Å². The third kappa shape index (κ3) is 4.44. The molecule has 1 atom stereocenters. The van der Waals surface area contributed by atoms with Crippen LogP contribution in [0.1, 0.15) is 22.7 Å². The van der Waals surface area contributed by atoms with Gasteiger partial charge in [0.15, 0.2) is 0 Å². The lowest BCUT2D eigenvalue weighted by molar-refractivity contribution is 0.204. The lowest BCUT2D eigenvalue weighted by Gasteiger charge is -2.24. The highest BCUT2D eigenvalue weighted by Crippen LogP contribution is 2.21. The number of urea groups is 1. The highest BCUT2D eigenvalue weighted by Gasteiger charge is 2.19. The molecule has 3 rings (SSSR count). The first-order chi connectivity index (χ1) is 12.2. The average Bonchev–Trinajstić information content (AvgIpc) is 2.68. The third-order valence-corrected chi connectivity index (χ3v) is 4.03. The molecule has 25 heavy (non-hydrogen) atoms. The Balaban J connectivity index is 1.77. The molecule has 4 heteroatoms. The number of pyridine rings is 1. The van der Waals surface area contributed by atoms with Crippen LogP contribution in [0.3, 0.4) is 0 Å². The van der Waals surface area contributed by atoms with E-state index in [-0.39, 0.29) is 12.1 Å². The number of amides is 2. The van der Waals surface area contributed by atoms with Crippen LogP contribution >= 0.6 is 0 Å². The van der Waals surface area contributed by atoms with Crippen molar-refractivity contribution in [3.05, 3.63) is 102 Å². The maximum Gasteiger partial charge on any atom is 0.318 e. The molecule has 2 amide bonds. The standard InChI is InChI=1S/C21H21N3O/c1-24(16-17-9-4-2-5-10-17)21(25)23-20(18-11-6-3-7-12-18)19-13-8-14-22-15-19/h2-15,20H,16H2,1H3,(H,23,25). The first-order valence-corrected chi connectivity index (χ1v) is 8.24. The molecule has 1 aromatic heterocycles. The molecule has 0 saturated carbocycles. The van der Waals surface area contributed by atoms with Gasteiger partial charge in [-0.05, 0) is 22.8 Å². The minimum atomic E-state index is -0.236. The van der Waals surface area contributed by atoms with Crippen molar-refractivity contribution < 1.29 is 4.79 Å². The zero-order valence-electron chi connectivity index (χ0n) is 14.2. The summed E-state index contributed by atoms with van der Waals surface area (Å²) in [6, 6.07) is 23.4. The summed E-state index contributed by atoms with van der Waals surface area (Å²) in [6.07, 6.45) is 3.52. The van der Waals surface area contributed by atoms with Gasteiger partial charge in [0.2, 0.25) is 0 Å². The Morgan fingerprint density at radius 1 is 0.960 bits per heavy atom. The van der Waals surface area contributed by atoms with E-state index in [9.17, 15) is 4.79 Å². The molecule has 0 spiro atoms. The van der Waals surface area contributed by atoms with Crippen LogP contribution in [0.25, 0.3) is 0 Å². The van der Waals surface area contributed by atoms with Crippen LogP contribution in [0, 0.1) is 0 Å². The number of carbonyl (C=O) groups excluding carboxylic acids is 1. The van der Waals surface area contributed by atoms with Gasteiger partial charge in [0.05, 0.1) is 6.04 Å². The van der Waals surface area contributed by atoms with E-state index < -0.39 is 0 Å². The summed E-state index contributed by atoms with van der Waals surface area (Å²) in [4.78, 5) is 18.6. The largest absolute Gasteiger partial charge is 0.327 e. The van der Waals surface area contributed by atoms with Crippen LogP contribution < -0.4 is 5.32 Å². The second kappa shape index (κ2) is 8.11. The Hall–Kier alpha value is -3.14. The van der Waals surface area contributed by atoms with Gasteiger partial charge in [-0.25, -0.2) is 4.79 Å². The van der Waals surface area contributed by atoms with Gasteiger partial charge in [-0.1, -0.05) is 66.7 Å². The van der Waals surface area contributed by atoms with E-state index in [1.807, 2.05) is 72.8 Å². The number of aromatic nitrogens is 1. The Morgan fingerprint density at radius 2 is 1.60 bits per heavy atom. The predicted molar refractivity (Wildman–Crippen MR) is 99.0 cm³/mol. The molecule has 1 unspecified atom stereocenters. The van der Waals surface area contributed by atoms with Crippen molar-refractivity contribution in [3.8, 4) is 0 Å². The van der Waals surface area contributed by atoms with Gasteiger partial charge in [-0.15, -0.1) is 0 Å². The number of hydrogen-bond donors (Lipinski definition) is 1. The Labute approximate surface area is 148 Å². The van der Waals surface area contributed by atoms with E-state index in [2.05, 4.69) is 10.3 Å². The van der Waals surface area contributed by atoms with Crippen molar-refractivity contribution >= 4 is 6.03 Å². The lowest BCUT2D eigenvalue weighted by Crippen LogP contribution is -2.39. The molecule has 0 radical (unpaired) electrons. The maximum atomic E-state index is 12.7. The zero-order valence-corrected chi connectivity index (χ0v) is 14.2. The quantitative estimate of drug-likeness (QED) is 0.768. The van der Waals surface area contributed by atoms with Gasteiger partial charge in [0, 0.05) is 26.0 Å². The number of carbonyl (C=O) groups is 1. The molecule has 2 aromatic carbocycles. The van der Waals surface area contributed by atoms with Crippen molar-refractivity contribution in [2.45, 2.75) is 12.6 Å². The second-order valence-electron chi connectivity index (χ2n) is 5.92. The number of rotatable bonds is 5. The molecule has 0 fully saturated rings. The summed E-state index contributed by atoms with van der Waals surface area (Å²) < 4.78 is 0. The molecule has 0 aliphatic heterocycles. The summed E-state index contributed by atoms with van der Waals surface area (Å²) in [6.45, 7) is 0.557. The van der Waals surface area contributed by atoms with E-state index in [0.717, 1.165) is 16.7 Å². The van der Waals surface area contributed by atoms with Gasteiger partial charge >= 0.3 is 6.03 Å². The highest BCUT2D eigenvalue weighted by molar-refractivity contribution is 5.75. The van der Waals surface area contributed by atoms with E-state index in [1.165, 1.54) is 0 Å². The van der Waals surface area contributed by atoms with Crippen LogP contribution in [-0.2, 0) is 6.54 Å². The maximum absolute atomic E-state index is 12.7. The van der Waals surface area contributed by atoms with Crippen molar-refractivity contribution in [3.63, 3.8) is 0 Å². The fourth-order valence-corrected chi connectivity index (χ4v) is 2.71. The van der Waals surface area contributed by atoms with Crippen molar-refractivity contribution in [2.24, 2.45) is 0 Å². The van der Waals surface area contributed by atoms with Crippen LogP contribution in [-0.4, -0.2) is 23.0 Å². The van der Waals surface area contributed by atoms with Gasteiger partial charge in [0.25, 0.3) is 0 Å². The number of hydrogen-bond acceptors (Lipinski definition) is 2. The molecular weight excluding hydrogens is 310 g/mol. The lowest BCUT2D eigenvalue weighted by atomic mass is 10.0. The smallest absolute Gasteiger partial charge is 0.318 e. The molecule has 3 aromatic rings. The Morgan fingerprint density at radius 3 is 2.24 bits per heavy atom. The predicted octanol–water partition coefficient (Wildman–Crippen LogP) is 4.01. The minimum Gasteiger partial charge on any atom is -0.327 e. The van der Waals surface area contributed by atoms with E-state index in [0.29, 0.717) is 6.54 Å². The van der Waals surface area contributed by atoms with Gasteiger partial charge in [0.1, 0.15) is 0 Å². The Kier molecular flexibility index (Phi) is 5.42. The van der Waals surface area contributed by atoms with Crippen molar-refractivity contribution in [2.75, 3.05) is 7.05 Å². The number of benzene rings is 2. The fraction of sp³-hybridized carbons (Fsp3) is 0.143. The Bertz CT molecular complexity index is 752. The molecule has 1 heterocycles. The molecule has 1 N–H and O–H groups in total. The van der Waals surface area contributed by atoms with Gasteiger partial charge in [-0.2, -0.15) is 0 Å². The number of nitrogens with one attached hydrogen (secondary N) is 1. The van der Waals surface area contributed by atoms with Gasteiger partial charge in [-0.3, -0.25) is 4.98 Å². The summed E-state index contributed by atoms with van der Waals surface area (Å²) in [5.41, 5.74) is 3.07.